The molecule has 0 aliphatic rings. The van der Waals surface area contributed by atoms with Crippen LogP contribution in [0.5, 0.6) is 0 Å². The fourth-order valence-electron chi connectivity index (χ4n) is 1.47. The molecule has 0 radical (unpaired) electrons. The van der Waals surface area contributed by atoms with Gasteiger partial charge in [0.1, 0.15) is 0 Å². The normalized spacial score (nSPS) is 12.5. The van der Waals surface area contributed by atoms with Gasteiger partial charge in [0.15, 0.2) is 0 Å². The lowest BCUT2D eigenvalue weighted by Gasteiger charge is -2.19. The van der Waals surface area contributed by atoms with E-state index in [1.807, 2.05) is 24.3 Å². The van der Waals surface area contributed by atoms with E-state index in [4.69, 9.17) is 0 Å². The summed E-state index contributed by atoms with van der Waals surface area (Å²) in [4.78, 5) is 11.9. The van der Waals surface area contributed by atoms with E-state index in [0.29, 0.717) is 12.3 Å². The lowest BCUT2D eigenvalue weighted by atomic mass is 10.1. The third-order valence-electron chi connectivity index (χ3n) is 2.57. The van der Waals surface area contributed by atoms with E-state index in [1.165, 1.54) is 0 Å². The van der Waals surface area contributed by atoms with Crippen molar-refractivity contribution in [2.24, 2.45) is 5.92 Å². The molecule has 17 heavy (non-hydrogen) atoms. The van der Waals surface area contributed by atoms with Crippen LogP contribution in [-0.4, -0.2) is 17.3 Å². The zero-order chi connectivity index (χ0) is 12.8. The Kier molecular flexibility index (Phi) is 6.20. The number of alkyl halides is 1. The minimum atomic E-state index is 0.0706. The number of rotatable bonds is 5. The van der Waals surface area contributed by atoms with Gasteiger partial charge in [-0.15, -0.1) is 0 Å². The molecule has 0 spiro atoms. The summed E-state index contributed by atoms with van der Waals surface area (Å²) in [5.74, 6) is 0.502. The number of benzene rings is 1. The van der Waals surface area contributed by atoms with Gasteiger partial charge in [-0.1, -0.05) is 57.8 Å². The highest BCUT2D eigenvalue weighted by atomic mass is 79.9. The lowest BCUT2D eigenvalue weighted by Crippen LogP contribution is -2.40. The topological polar surface area (TPSA) is 29.1 Å². The molecule has 0 bridgehead atoms. The summed E-state index contributed by atoms with van der Waals surface area (Å²) in [7, 11) is 0. The van der Waals surface area contributed by atoms with Crippen LogP contribution in [0.1, 0.15) is 19.4 Å². The van der Waals surface area contributed by atoms with Crippen molar-refractivity contribution in [3.63, 3.8) is 0 Å². The molecule has 1 aromatic carbocycles. The van der Waals surface area contributed by atoms with E-state index in [9.17, 15) is 4.79 Å². The zero-order valence-corrected chi connectivity index (χ0v) is 13.2. The van der Waals surface area contributed by atoms with Crippen LogP contribution in [0, 0.1) is 5.92 Å². The maximum absolute atomic E-state index is 11.9. The Labute approximate surface area is 119 Å². The maximum Gasteiger partial charge on any atom is 0.224 e. The minimum absolute atomic E-state index is 0.0706. The molecule has 1 N–H and O–H groups in total. The van der Waals surface area contributed by atoms with E-state index in [2.05, 4.69) is 51.0 Å². The number of hydrogen-bond donors (Lipinski definition) is 1. The molecule has 0 saturated carbocycles. The molecule has 4 heteroatoms. The Bertz CT molecular complexity index is 379. The van der Waals surface area contributed by atoms with Gasteiger partial charge in [0.2, 0.25) is 5.91 Å². The summed E-state index contributed by atoms with van der Waals surface area (Å²) in [6.07, 6.45) is 0.426. The quantitative estimate of drug-likeness (QED) is 0.797. The predicted molar refractivity (Wildman–Crippen MR) is 78.4 cm³/mol. The summed E-state index contributed by atoms with van der Waals surface area (Å²) in [6.45, 7) is 4.20. The van der Waals surface area contributed by atoms with Crippen LogP contribution in [0.2, 0.25) is 0 Å². The number of carbonyl (C=O) groups excluding carboxylic acids is 1. The molecule has 1 rings (SSSR count). The Morgan fingerprint density at radius 2 is 2.12 bits per heavy atom. The van der Waals surface area contributed by atoms with Gasteiger partial charge < -0.3 is 5.32 Å². The largest absolute Gasteiger partial charge is 0.352 e. The Morgan fingerprint density at radius 1 is 1.41 bits per heavy atom. The van der Waals surface area contributed by atoms with Crippen LogP contribution in [0.3, 0.4) is 0 Å². The van der Waals surface area contributed by atoms with Crippen LogP contribution >= 0.6 is 31.9 Å². The summed E-state index contributed by atoms with van der Waals surface area (Å²) in [5.41, 5.74) is 1.02. The van der Waals surface area contributed by atoms with Crippen molar-refractivity contribution in [2.45, 2.75) is 26.3 Å². The number of amides is 1. The van der Waals surface area contributed by atoms with E-state index < -0.39 is 0 Å². The third-order valence-corrected chi connectivity index (χ3v) is 3.76. The zero-order valence-electron chi connectivity index (χ0n) is 10.0. The molecule has 0 fully saturated rings. The van der Waals surface area contributed by atoms with Crippen molar-refractivity contribution in [2.75, 3.05) is 5.33 Å². The Hall–Kier alpha value is -0.350. The van der Waals surface area contributed by atoms with Gasteiger partial charge in [0, 0.05) is 15.8 Å². The second-order valence-electron chi connectivity index (χ2n) is 4.38. The molecule has 0 aliphatic heterocycles. The fourth-order valence-corrected chi connectivity index (χ4v) is 2.83. The van der Waals surface area contributed by atoms with E-state index in [1.54, 1.807) is 0 Å². The number of halogens is 2. The highest BCUT2D eigenvalue weighted by molar-refractivity contribution is 9.10. The highest BCUT2D eigenvalue weighted by Gasteiger charge is 2.14. The maximum atomic E-state index is 11.9. The first kappa shape index (κ1) is 14.7. The Morgan fingerprint density at radius 3 is 2.65 bits per heavy atom. The molecular weight excluding hydrogens is 346 g/mol. The van der Waals surface area contributed by atoms with Crippen molar-refractivity contribution in [3.8, 4) is 0 Å². The standard InChI is InChI=1S/C13H17Br2NO/c1-9(2)12(8-14)16-13(17)7-10-4-3-5-11(15)6-10/h3-6,9,12H,7-8H2,1-2H3,(H,16,17). The molecule has 0 saturated heterocycles. The molecule has 0 aromatic heterocycles. The van der Waals surface area contributed by atoms with Crippen LogP contribution in [0.4, 0.5) is 0 Å². The first-order valence-corrected chi connectivity index (χ1v) is 7.54. The van der Waals surface area contributed by atoms with E-state index >= 15 is 0 Å². The predicted octanol–water partition coefficient (Wildman–Crippen LogP) is 3.53. The molecule has 1 unspecified atom stereocenters. The monoisotopic (exact) mass is 361 g/mol. The molecule has 0 aliphatic carbocycles. The summed E-state index contributed by atoms with van der Waals surface area (Å²) in [6, 6.07) is 8.02. The first-order valence-electron chi connectivity index (χ1n) is 5.62. The van der Waals surface area contributed by atoms with Crippen molar-refractivity contribution < 1.29 is 4.79 Å². The molecule has 1 atom stereocenters. The van der Waals surface area contributed by atoms with Crippen molar-refractivity contribution in [1.29, 1.82) is 0 Å². The summed E-state index contributed by atoms with van der Waals surface area (Å²) in [5, 5.41) is 3.82. The molecule has 94 valence electrons. The smallest absolute Gasteiger partial charge is 0.224 e. The fraction of sp³-hybridized carbons (Fsp3) is 0.462. The second-order valence-corrected chi connectivity index (χ2v) is 5.94. The van der Waals surface area contributed by atoms with Crippen molar-refractivity contribution in [1.82, 2.24) is 5.32 Å². The van der Waals surface area contributed by atoms with Crippen LogP contribution < -0.4 is 5.32 Å². The molecule has 1 amide bonds. The lowest BCUT2D eigenvalue weighted by molar-refractivity contribution is -0.121. The Balaban J connectivity index is 2.55. The van der Waals surface area contributed by atoms with E-state index in [-0.39, 0.29) is 11.9 Å². The van der Waals surface area contributed by atoms with Crippen molar-refractivity contribution in [3.05, 3.63) is 34.3 Å². The molecule has 0 heterocycles. The van der Waals surface area contributed by atoms with Gasteiger partial charge in [0.05, 0.1) is 6.42 Å². The van der Waals surface area contributed by atoms with Gasteiger partial charge in [-0.2, -0.15) is 0 Å². The average molecular weight is 363 g/mol. The summed E-state index contributed by atoms with van der Waals surface area (Å²) >= 11 is 6.82. The average Bonchev–Trinajstić information content (AvgIpc) is 2.25. The minimum Gasteiger partial charge on any atom is -0.352 e. The molecular formula is C13H17Br2NO. The highest BCUT2D eigenvalue weighted by Crippen LogP contribution is 2.12. The number of carbonyl (C=O) groups is 1. The molecule has 2 nitrogen and oxygen atoms in total. The summed E-state index contributed by atoms with van der Waals surface area (Å²) < 4.78 is 1.00. The van der Waals surface area contributed by atoms with Crippen LogP contribution in [0.15, 0.2) is 28.7 Å². The van der Waals surface area contributed by atoms with Gasteiger partial charge >= 0.3 is 0 Å². The number of hydrogen-bond acceptors (Lipinski definition) is 1. The van der Waals surface area contributed by atoms with Crippen molar-refractivity contribution >= 4 is 37.8 Å². The molecule has 1 aromatic rings. The van der Waals surface area contributed by atoms with Crippen LogP contribution in [0.25, 0.3) is 0 Å². The SMILES string of the molecule is CC(C)C(CBr)NC(=O)Cc1cccc(Br)c1. The first-order chi connectivity index (χ1) is 8.02. The van der Waals surface area contributed by atoms with Gasteiger partial charge in [-0.3, -0.25) is 4.79 Å². The second kappa shape index (κ2) is 7.17. The third kappa shape index (κ3) is 5.21. The van der Waals surface area contributed by atoms with E-state index in [0.717, 1.165) is 15.4 Å². The number of nitrogens with one attached hydrogen (secondary N) is 1. The van der Waals surface area contributed by atoms with Gasteiger partial charge in [-0.05, 0) is 23.6 Å². The van der Waals surface area contributed by atoms with Gasteiger partial charge in [0.25, 0.3) is 0 Å². The van der Waals surface area contributed by atoms with Gasteiger partial charge in [-0.25, -0.2) is 0 Å². The van der Waals surface area contributed by atoms with Crippen LogP contribution in [-0.2, 0) is 11.2 Å².